The molecule has 0 saturated carbocycles. The maximum absolute atomic E-state index is 13.6. The Kier molecular flexibility index (Phi) is 9.23. The summed E-state index contributed by atoms with van der Waals surface area (Å²) in [5.41, 5.74) is 7.82. The van der Waals surface area contributed by atoms with Crippen molar-refractivity contribution in [3.8, 4) is 0 Å². The van der Waals surface area contributed by atoms with Crippen LogP contribution in [0, 0.1) is 6.92 Å². The fourth-order valence-electron chi connectivity index (χ4n) is 4.71. The Morgan fingerprint density at radius 3 is 2.35 bits per heavy atom. The van der Waals surface area contributed by atoms with Crippen molar-refractivity contribution < 1.29 is 28.4 Å². The molecule has 13 heteroatoms. The number of primary amides is 1. The van der Waals surface area contributed by atoms with Crippen LogP contribution < -0.4 is 32.6 Å². The van der Waals surface area contributed by atoms with E-state index in [0.717, 1.165) is 16.5 Å². The Morgan fingerprint density at radius 2 is 1.63 bits per heavy atom. The number of carbonyl (C=O) groups is 5. The fourth-order valence-corrected chi connectivity index (χ4v) is 4.71. The molecule has 224 valence electrons. The number of hydrogen-bond acceptors (Lipinski definition) is 7. The quantitative estimate of drug-likeness (QED) is 0.141. The van der Waals surface area contributed by atoms with Gasteiger partial charge in [-0.2, -0.15) is 0 Å². The standard InChI is InChI=1S/C30H32N6O7/c1-15-10-27(39)43-25-9-8-19(12-21(15)25)34-29(41)23(11-18-14-32-22-7-5-4-6-20(18)22)36-30(42)24(13-26(31)38)35-28(40)16(2)33-17(3)37/h4-10,12,14,16,23-24,32H,11,13H2,1-3H3,(H2,31,38)(H,33,37)(H,34,41)(H,35,40)(H,36,42)/t16-,23-,24-/m0/s1. The summed E-state index contributed by atoms with van der Waals surface area (Å²) in [6.07, 6.45) is 1.25. The van der Waals surface area contributed by atoms with Crippen molar-refractivity contribution in [3.05, 3.63) is 76.3 Å². The zero-order valence-electron chi connectivity index (χ0n) is 23.8. The number of fused-ring (bicyclic) bond motifs is 2. The van der Waals surface area contributed by atoms with Crippen LogP contribution >= 0.6 is 0 Å². The summed E-state index contributed by atoms with van der Waals surface area (Å²) in [7, 11) is 0. The van der Waals surface area contributed by atoms with Crippen molar-refractivity contribution in [2.45, 2.75) is 51.7 Å². The Morgan fingerprint density at radius 1 is 0.907 bits per heavy atom. The van der Waals surface area contributed by atoms with E-state index in [0.29, 0.717) is 22.2 Å². The third-order valence-electron chi connectivity index (χ3n) is 6.80. The molecule has 0 spiro atoms. The zero-order valence-corrected chi connectivity index (χ0v) is 23.8. The number of para-hydroxylation sites is 1. The predicted molar refractivity (Wildman–Crippen MR) is 159 cm³/mol. The number of H-pyrrole nitrogens is 1. The van der Waals surface area contributed by atoms with Gasteiger partial charge < -0.3 is 36.4 Å². The molecule has 0 aliphatic heterocycles. The third kappa shape index (κ3) is 7.64. The summed E-state index contributed by atoms with van der Waals surface area (Å²) in [6, 6.07) is 10.00. The highest BCUT2D eigenvalue weighted by Gasteiger charge is 2.30. The molecule has 0 unspecified atom stereocenters. The minimum atomic E-state index is -1.41. The second-order valence-corrected chi connectivity index (χ2v) is 10.2. The number of aryl methyl sites for hydroxylation is 1. The molecule has 0 bridgehead atoms. The number of anilines is 1. The van der Waals surface area contributed by atoms with E-state index in [4.69, 9.17) is 10.2 Å². The van der Waals surface area contributed by atoms with Gasteiger partial charge in [0, 0.05) is 47.6 Å². The predicted octanol–water partition coefficient (Wildman–Crippen LogP) is 1.13. The summed E-state index contributed by atoms with van der Waals surface area (Å²) in [5.74, 6) is -3.43. The highest BCUT2D eigenvalue weighted by molar-refractivity contribution is 6.01. The number of aromatic amines is 1. The second kappa shape index (κ2) is 13.0. The highest BCUT2D eigenvalue weighted by atomic mass is 16.4. The van der Waals surface area contributed by atoms with E-state index in [9.17, 15) is 28.8 Å². The Hall–Kier alpha value is -5.46. The average molecular weight is 589 g/mol. The smallest absolute Gasteiger partial charge is 0.336 e. The summed E-state index contributed by atoms with van der Waals surface area (Å²) in [5, 5.41) is 11.7. The molecule has 2 aromatic heterocycles. The van der Waals surface area contributed by atoms with Gasteiger partial charge in [0.15, 0.2) is 0 Å². The first-order chi connectivity index (χ1) is 20.4. The van der Waals surface area contributed by atoms with E-state index in [1.165, 1.54) is 19.9 Å². The lowest BCUT2D eigenvalue weighted by atomic mass is 10.0. The van der Waals surface area contributed by atoms with Crippen LogP contribution in [0.15, 0.2) is 63.9 Å². The van der Waals surface area contributed by atoms with Gasteiger partial charge in [-0.15, -0.1) is 0 Å². The molecule has 0 radical (unpaired) electrons. The van der Waals surface area contributed by atoms with Gasteiger partial charge in [0.25, 0.3) is 0 Å². The summed E-state index contributed by atoms with van der Waals surface area (Å²) in [6.45, 7) is 4.39. The molecule has 0 saturated heterocycles. The second-order valence-electron chi connectivity index (χ2n) is 10.2. The van der Waals surface area contributed by atoms with Gasteiger partial charge in [0.1, 0.15) is 23.7 Å². The first-order valence-corrected chi connectivity index (χ1v) is 13.5. The molecule has 3 atom stereocenters. The maximum atomic E-state index is 13.6. The van der Waals surface area contributed by atoms with E-state index in [-0.39, 0.29) is 6.42 Å². The molecule has 5 amide bonds. The molecule has 2 heterocycles. The first kappa shape index (κ1) is 30.5. The van der Waals surface area contributed by atoms with Crippen LogP contribution in [-0.4, -0.2) is 52.6 Å². The summed E-state index contributed by atoms with van der Waals surface area (Å²) < 4.78 is 5.22. The van der Waals surface area contributed by atoms with Crippen LogP contribution in [-0.2, 0) is 30.4 Å². The topological polar surface area (TPSA) is 205 Å². The van der Waals surface area contributed by atoms with E-state index in [1.54, 1.807) is 31.3 Å². The molecular weight excluding hydrogens is 556 g/mol. The summed E-state index contributed by atoms with van der Waals surface area (Å²) >= 11 is 0. The Bertz CT molecular complexity index is 1780. The average Bonchev–Trinajstić information content (AvgIpc) is 3.34. The normalized spacial score (nSPS) is 13.1. The first-order valence-electron chi connectivity index (χ1n) is 13.5. The van der Waals surface area contributed by atoms with Crippen LogP contribution in [0.2, 0.25) is 0 Å². The van der Waals surface area contributed by atoms with E-state index in [1.807, 2.05) is 24.3 Å². The molecule has 43 heavy (non-hydrogen) atoms. The lowest BCUT2D eigenvalue weighted by molar-refractivity contribution is -0.134. The van der Waals surface area contributed by atoms with Crippen molar-refractivity contribution in [1.29, 1.82) is 0 Å². The van der Waals surface area contributed by atoms with Crippen LogP contribution in [0.4, 0.5) is 5.69 Å². The minimum Gasteiger partial charge on any atom is -0.423 e. The van der Waals surface area contributed by atoms with Gasteiger partial charge in [-0.25, -0.2) is 4.79 Å². The van der Waals surface area contributed by atoms with Crippen molar-refractivity contribution in [2.24, 2.45) is 5.73 Å². The van der Waals surface area contributed by atoms with Crippen molar-refractivity contribution >= 4 is 57.1 Å². The van der Waals surface area contributed by atoms with Gasteiger partial charge in [-0.1, -0.05) is 18.2 Å². The lowest BCUT2D eigenvalue weighted by Gasteiger charge is -2.24. The van der Waals surface area contributed by atoms with Crippen LogP contribution in [0.25, 0.3) is 21.9 Å². The maximum Gasteiger partial charge on any atom is 0.336 e. The molecule has 0 fully saturated rings. The number of benzene rings is 2. The number of hydrogen-bond donors (Lipinski definition) is 6. The number of rotatable bonds is 11. The molecule has 4 rings (SSSR count). The fraction of sp³-hybridized carbons (Fsp3) is 0.267. The molecule has 13 nitrogen and oxygen atoms in total. The Balaban J connectivity index is 1.61. The van der Waals surface area contributed by atoms with Crippen LogP contribution in [0.1, 0.15) is 31.4 Å². The SMILES string of the molecule is CC(=O)N[C@@H](C)C(=O)N[C@@H](CC(N)=O)C(=O)N[C@@H](Cc1c[nH]c2ccccc12)C(=O)Nc1ccc2oc(=O)cc(C)c2c1. The van der Waals surface area contributed by atoms with Crippen LogP contribution in [0.5, 0.6) is 0 Å². The minimum absolute atomic E-state index is 0.0581. The van der Waals surface area contributed by atoms with Gasteiger partial charge in [-0.05, 0) is 49.2 Å². The molecule has 7 N–H and O–H groups in total. The monoisotopic (exact) mass is 588 g/mol. The zero-order chi connectivity index (χ0) is 31.3. The van der Waals surface area contributed by atoms with Crippen molar-refractivity contribution in [1.82, 2.24) is 20.9 Å². The largest absolute Gasteiger partial charge is 0.423 e. The molecule has 0 aliphatic carbocycles. The third-order valence-corrected chi connectivity index (χ3v) is 6.80. The number of aromatic nitrogens is 1. The number of nitrogens with two attached hydrogens (primary N) is 1. The van der Waals surface area contributed by atoms with E-state index in [2.05, 4.69) is 26.3 Å². The van der Waals surface area contributed by atoms with Gasteiger partial charge >= 0.3 is 5.63 Å². The summed E-state index contributed by atoms with van der Waals surface area (Å²) in [4.78, 5) is 77.7. The molecule has 0 aliphatic rings. The molecular formula is C30H32N6O7. The van der Waals surface area contributed by atoms with E-state index < -0.39 is 59.7 Å². The van der Waals surface area contributed by atoms with Crippen molar-refractivity contribution in [3.63, 3.8) is 0 Å². The molecule has 2 aromatic carbocycles. The number of carbonyl (C=O) groups excluding carboxylic acids is 5. The number of amides is 5. The van der Waals surface area contributed by atoms with Gasteiger partial charge in [-0.3, -0.25) is 24.0 Å². The van der Waals surface area contributed by atoms with E-state index >= 15 is 0 Å². The van der Waals surface area contributed by atoms with Crippen molar-refractivity contribution in [2.75, 3.05) is 5.32 Å². The highest BCUT2D eigenvalue weighted by Crippen LogP contribution is 2.23. The molecule has 4 aromatic rings. The number of nitrogens with one attached hydrogen (secondary N) is 5. The van der Waals surface area contributed by atoms with Crippen LogP contribution in [0.3, 0.4) is 0 Å². The lowest BCUT2D eigenvalue weighted by Crippen LogP contribution is -2.56. The van der Waals surface area contributed by atoms with Gasteiger partial charge in [0.2, 0.25) is 29.5 Å². The van der Waals surface area contributed by atoms with Gasteiger partial charge in [0.05, 0.1) is 6.42 Å². The Labute approximate surface area is 245 Å².